The fourth-order valence-electron chi connectivity index (χ4n) is 1.37. The van der Waals surface area contributed by atoms with Crippen molar-refractivity contribution < 1.29 is 0 Å². The smallest absolute Gasteiger partial charge is 0.152 e. The van der Waals surface area contributed by atoms with Crippen molar-refractivity contribution in [2.75, 3.05) is 17.6 Å². The first-order valence-corrected chi connectivity index (χ1v) is 5.49. The Morgan fingerprint density at radius 3 is 2.87 bits per heavy atom. The van der Waals surface area contributed by atoms with Crippen LogP contribution in [0.25, 0.3) is 0 Å². The Balaban J connectivity index is 2.18. The summed E-state index contributed by atoms with van der Waals surface area (Å²) in [4.78, 5) is 7.90. The molecule has 0 radical (unpaired) electrons. The maximum Gasteiger partial charge on any atom is 0.152 e. The van der Waals surface area contributed by atoms with E-state index in [2.05, 4.69) is 29.1 Å². The molecule has 0 aliphatic heterocycles. The quantitative estimate of drug-likeness (QED) is 0.704. The molecule has 0 amide bonds. The summed E-state index contributed by atoms with van der Waals surface area (Å²) in [5.74, 6) is 1.53. The first-order valence-electron chi connectivity index (χ1n) is 5.49. The number of unbranched alkanes of at least 4 members (excludes halogenated alkanes) is 1. The van der Waals surface area contributed by atoms with Crippen LogP contribution in [0, 0.1) is 5.92 Å². The summed E-state index contributed by atoms with van der Waals surface area (Å²) in [5, 5.41) is 3.21. The third-order valence-corrected chi connectivity index (χ3v) is 2.24. The van der Waals surface area contributed by atoms with Crippen molar-refractivity contribution in [3.05, 3.63) is 12.5 Å². The van der Waals surface area contributed by atoms with Gasteiger partial charge in [0.25, 0.3) is 0 Å². The van der Waals surface area contributed by atoms with Crippen LogP contribution in [-0.2, 0) is 0 Å². The third kappa shape index (κ3) is 4.63. The van der Waals surface area contributed by atoms with E-state index in [-0.39, 0.29) is 0 Å². The fourth-order valence-corrected chi connectivity index (χ4v) is 1.37. The lowest BCUT2D eigenvalue weighted by molar-refractivity contribution is 0.544. The second-order valence-corrected chi connectivity index (χ2v) is 4.14. The number of rotatable bonds is 6. The van der Waals surface area contributed by atoms with Gasteiger partial charge in [0, 0.05) is 6.54 Å². The molecule has 1 heterocycles. The largest absolute Gasteiger partial charge is 0.394 e. The Hall–Kier alpha value is -1.32. The molecule has 0 saturated heterocycles. The van der Waals surface area contributed by atoms with Crippen LogP contribution in [0.3, 0.4) is 0 Å². The zero-order valence-electron chi connectivity index (χ0n) is 9.53. The summed E-state index contributed by atoms with van der Waals surface area (Å²) in [5.41, 5.74) is 6.31. The second kappa shape index (κ2) is 6.22. The molecule has 0 saturated carbocycles. The predicted molar refractivity (Wildman–Crippen MR) is 63.6 cm³/mol. The van der Waals surface area contributed by atoms with Crippen molar-refractivity contribution in [1.29, 1.82) is 0 Å². The van der Waals surface area contributed by atoms with Gasteiger partial charge in [0.15, 0.2) is 5.82 Å². The van der Waals surface area contributed by atoms with Gasteiger partial charge in [-0.15, -0.1) is 0 Å². The van der Waals surface area contributed by atoms with E-state index in [0.717, 1.165) is 24.7 Å². The van der Waals surface area contributed by atoms with Gasteiger partial charge in [0.2, 0.25) is 0 Å². The summed E-state index contributed by atoms with van der Waals surface area (Å²) in [7, 11) is 0. The zero-order valence-corrected chi connectivity index (χ0v) is 9.53. The molecule has 1 aromatic heterocycles. The highest BCUT2D eigenvalue weighted by molar-refractivity contribution is 5.58. The van der Waals surface area contributed by atoms with Gasteiger partial charge in [-0.2, -0.15) is 0 Å². The SMILES string of the molecule is CC(C)CCCCNc1ncncc1N. The van der Waals surface area contributed by atoms with E-state index in [1.165, 1.54) is 19.2 Å². The van der Waals surface area contributed by atoms with Crippen LogP contribution in [0.4, 0.5) is 11.5 Å². The highest BCUT2D eigenvalue weighted by atomic mass is 15.0. The normalized spacial score (nSPS) is 10.6. The van der Waals surface area contributed by atoms with Crippen LogP contribution in [0.5, 0.6) is 0 Å². The van der Waals surface area contributed by atoms with Crippen molar-refractivity contribution in [1.82, 2.24) is 9.97 Å². The van der Waals surface area contributed by atoms with Gasteiger partial charge >= 0.3 is 0 Å². The van der Waals surface area contributed by atoms with Crippen molar-refractivity contribution >= 4 is 11.5 Å². The molecule has 0 aliphatic rings. The fraction of sp³-hybridized carbons (Fsp3) is 0.636. The second-order valence-electron chi connectivity index (χ2n) is 4.14. The predicted octanol–water partition coefficient (Wildman–Crippen LogP) is 2.30. The van der Waals surface area contributed by atoms with Gasteiger partial charge in [-0.25, -0.2) is 9.97 Å². The standard InChI is InChI=1S/C11H20N4/c1-9(2)5-3-4-6-14-11-10(12)7-13-8-15-11/h7-9H,3-6,12H2,1-2H3,(H,13,14,15). The number of aromatic nitrogens is 2. The number of nitrogens with two attached hydrogens (primary N) is 1. The van der Waals surface area contributed by atoms with Gasteiger partial charge in [-0.3, -0.25) is 0 Å². The van der Waals surface area contributed by atoms with Crippen LogP contribution < -0.4 is 11.1 Å². The molecule has 0 fully saturated rings. The monoisotopic (exact) mass is 208 g/mol. The molecule has 15 heavy (non-hydrogen) atoms. The lowest BCUT2D eigenvalue weighted by Gasteiger charge is -2.07. The topological polar surface area (TPSA) is 63.8 Å². The molecule has 4 heteroatoms. The number of nitrogens with zero attached hydrogens (tertiary/aromatic N) is 2. The Labute approximate surface area is 91.3 Å². The Morgan fingerprint density at radius 1 is 1.40 bits per heavy atom. The number of nitrogens with one attached hydrogen (secondary N) is 1. The molecule has 1 aromatic rings. The summed E-state index contributed by atoms with van der Waals surface area (Å²) in [6.07, 6.45) is 6.80. The van der Waals surface area contributed by atoms with Crippen LogP contribution >= 0.6 is 0 Å². The number of hydrogen-bond donors (Lipinski definition) is 2. The highest BCUT2D eigenvalue weighted by Gasteiger charge is 1.98. The van der Waals surface area contributed by atoms with Crippen LogP contribution in [-0.4, -0.2) is 16.5 Å². The lowest BCUT2D eigenvalue weighted by Crippen LogP contribution is -2.06. The molecule has 0 aromatic carbocycles. The van der Waals surface area contributed by atoms with E-state index >= 15 is 0 Å². The van der Waals surface area contributed by atoms with Crippen molar-refractivity contribution in [3.8, 4) is 0 Å². The molecular formula is C11H20N4. The van der Waals surface area contributed by atoms with Crippen LogP contribution in [0.15, 0.2) is 12.5 Å². The molecular weight excluding hydrogens is 188 g/mol. The molecule has 0 spiro atoms. The average Bonchev–Trinajstić information content (AvgIpc) is 2.20. The van der Waals surface area contributed by atoms with Crippen molar-refractivity contribution in [3.63, 3.8) is 0 Å². The first-order chi connectivity index (χ1) is 7.20. The van der Waals surface area contributed by atoms with Crippen LogP contribution in [0.2, 0.25) is 0 Å². The van der Waals surface area contributed by atoms with Gasteiger partial charge in [0.1, 0.15) is 6.33 Å². The van der Waals surface area contributed by atoms with Gasteiger partial charge in [-0.1, -0.05) is 26.7 Å². The van der Waals surface area contributed by atoms with Crippen LogP contribution in [0.1, 0.15) is 33.1 Å². The Morgan fingerprint density at radius 2 is 2.20 bits per heavy atom. The molecule has 3 N–H and O–H groups in total. The molecule has 84 valence electrons. The Bertz CT molecular complexity index is 286. The molecule has 0 atom stereocenters. The summed E-state index contributed by atoms with van der Waals surface area (Å²) in [6, 6.07) is 0. The van der Waals surface area contributed by atoms with E-state index in [0.29, 0.717) is 5.69 Å². The maximum absolute atomic E-state index is 5.70. The number of nitrogen functional groups attached to an aromatic ring is 1. The van der Waals surface area contributed by atoms with E-state index in [4.69, 9.17) is 5.73 Å². The minimum absolute atomic E-state index is 0.612. The van der Waals surface area contributed by atoms with Gasteiger partial charge in [0.05, 0.1) is 11.9 Å². The minimum atomic E-state index is 0.612. The first kappa shape index (κ1) is 11.8. The van der Waals surface area contributed by atoms with E-state index < -0.39 is 0 Å². The minimum Gasteiger partial charge on any atom is -0.394 e. The number of hydrogen-bond acceptors (Lipinski definition) is 4. The molecule has 1 rings (SSSR count). The van der Waals surface area contributed by atoms with E-state index in [1.54, 1.807) is 6.20 Å². The average molecular weight is 208 g/mol. The molecule has 0 aliphatic carbocycles. The zero-order chi connectivity index (χ0) is 11.1. The lowest BCUT2D eigenvalue weighted by atomic mass is 10.1. The summed E-state index contributed by atoms with van der Waals surface area (Å²) < 4.78 is 0. The van der Waals surface area contributed by atoms with Gasteiger partial charge < -0.3 is 11.1 Å². The summed E-state index contributed by atoms with van der Waals surface area (Å²) >= 11 is 0. The molecule has 4 nitrogen and oxygen atoms in total. The van der Waals surface area contributed by atoms with Crippen molar-refractivity contribution in [2.24, 2.45) is 5.92 Å². The summed E-state index contributed by atoms with van der Waals surface area (Å²) in [6.45, 7) is 5.42. The van der Waals surface area contributed by atoms with Crippen molar-refractivity contribution in [2.45, 2.75) is 33.1 Å². The molecule has 0 unspecified atom stereocenters. The molecule has 0 bridgehead atoms. The third-order valence-electron chi connectivity index (χ3n) is 2.24. The van der Waals surface area contributed by atoms with Gasteiger partial charge in [-0.05, 0) is 12.3 Å². The Kier molecular flexibility index (Phi) is 4.87. The van der Waals surface area contributed by atoms with E-state index in [1.807, 2.05) is 0 Å². The highest BCUT2D eigenvalue weighted by Crippen LogP contribution is 2.12. The van der Waals surface area contributed by atoms with E-state index in [9.17, 15) is 0 Å². The maximum atomic E-state index is 5.70. The number of anilines is 2.